The van der Waals surface area contributed by atoms with E-state index in [-0.39, 0.29) is 0 Å². The van der Waals surface area contributed by atoms with Crippen LogP contribution in [-0.4, -0.2) is 37.5 Å². The lowest BCUT2D eigenvalue weighted by molar-refractivity contribution is 0.322. The van der Waals surface area contributed by atoms with Crippen molar-refractivity contribution in [3.05, 3.63) is 60.1 Å². The molecule has 130 valence electrons. The molecule has 0 bridgehead atoms. The average Bonchev–Trinajstić information content (AvgIpc) is 3.11. The van der Waals surface area contributed by atoms with Crippen LogP contribution in [0.5, 0.6) is 0 Å². The molecule has 2 aromatic rings. The van der Waals surface area contributed by atoms with Crippen LogP contribution in [0.25, 0.3) is 0 Å². The van der Waals surface area contributed by atoms with Crippen LogP contribution in [-0.2, 0) is 13.1 Å². The van der Waals surface area contributed by atoms with E-state index in [2.05, 4.69) is 64.8 Å². The van der Waals surface area contributed by atoms with Gasteiger partial charge in [-0.15, -0.1) is 0 Å². The molecule has 2 N–H and O–H groups in total. The molecule has 0 fully saturated rings. The maximum Gasteiger partial charge on any atom is 0.191 e. The van der Waals surface area contributed by atoms with Crippen molar-refractivity contribution in [1.82, 2.24) is 15.5 Å². The van der Waals surface area contributed by atoms with Crippen molar-refractivity contribution in [3.8, 4) is 0 Å². The van der Waals surface area contributed by atoms with Crippen molar-refractivity contribution >= 4 is 5.96 Å². The van der Waals surface area contributed by atoms with Crippen molar-refractivity contribution < 1.29 is 4.42 Å². The Hall–Kier alpha value is -2.27. The lowest BCUT2D eigenvalue weighted by atomic mass is 10.2. The van der Waals surface area contributed by atoms with Crippen molar-refractivity contribution in [3.63, 3.8) is 0 Å². The normalized spacial score (nSPS) is 11.7. The summed E-state index contributed by atoms with van der Waals surface area (Å²) in [6.07, 6.45) is 2.74. The predicted octanol–water partition coefficient (Wildman–Crippen LogP) is 2.86. The Morgan fingerprint density at radius 3 is 2.67 bits per heavy atom. The Balaban J connectivity index is 1.67. The zero-order chi connectivity index (χ0) is 17.0. The Morgan fingerprint density at radius 1 is 1.12 bits per heavy atom. The molecule has 0 radical (unpaired) electrons. The smallest absolute Gasteiger partial charge is 0.191 e. The molecule has 24 heavy (non-hydrogen) atoms. The molecule has 0 aliphatic heterocycles. The number of guanidine groups is 1. The van der Waals surface area contributed by atoms with Crippen LogP contribution in [0.3, 0.4) is 0 Å². The molecule has 0 saturated carbocycles. The molecule has 1 heterocycles. The van der Waals surface area contributed by atoms with Crippen LogP contribution < -0.4 is 10.6 Å². The third-order valence-electron chi connectivity index (χ3n) is 3.62. The van der Waals surface area contributed by atoms with Crippen LogP contribution in [0.4, 0.5) is 0 Å². The highest BCUT2D eigenvalue weighted by atomic mass is 16.3. The molecular formula is C19H28N4O. The van der Waals surface area contributed by atoms with Crippen molar-refractivity contribution in [2.45, 2.75) is 26.4 Å². The standard InChI is InChI=1S/C19H28N4O/c1-3-20-19(22-15-18-11-7-14-24-18)21-12-8-13-23(2)16-17-9-5-4-6-10-17/h4-7,9-11,14H,3,8,12-13,15-16H2,1-2H3,(H2,20,21,22). The van der Waals surface area contributed by atoms with Gasteiger partial charge in [-0.3, -0.25) is 0 Å². The maximum atomic E-state index is 5.31. The molecule has 0 saturated heterocycles. The molecule has 0 aliphatic rings. The summed E-state index contributed by atoms with van der Waals surface area (Å²) >= 11 is 0. The summed E-state index contributed by atoms with van der Waals surface area (Å²) in [6, 6.07) is 14.4. The topological polar surface area (TPSA) is 52.8 Å². The summed E-state index contributed by atoms with van der Waals surface area (Å²) in [4.78, 5) is 6.86. The Bertz CT molecular complexity index is 581. The average molecular weight is 328 g/mol. The van der Waals surface area contributed by atoms with Gasteiger partial charge in [0.25, 0.3) is 0 Å². The first kappa shape index (κ1) is 18.1. The van der Waals surface area contributed by atoms with Gasteiger partial charge in [-0.2, -0.15) is 0 Å². The Morgan fingerprint density at radius 2 is 1.96 bits per heavy atom. The highest BCUT2D eigenvalue weighted by Gasteiger charge is 2.01. The van der Waals surface area contributed by atoms with Gasteiger partial charge in [-0.25, -0.2) is 4.99 Å². The van der Waals surface area contributed by atoms with Gasteiger partial charge in [0, 0.05) is 19.6 Å². The molecule has 5 heteroatoms. The summed E-state index contributed by atoms with van der Waals surface area (Å²) in [5.74, 6) is 1.70. The predicted molar refractivity (Wildman–Crippen MR) is 98.9 cm³/mol. The summed E-state index contributed by atoms with van der Waals surface area (Å²) in [7, 11) is 2.16. The second-order valence-electron chi connectivity index (χ2n) is 5.78. The van der Waals surface area contributed by atoms with E-state index in [9.17, 15) is 0 Å². The van der Waals surface area contributed by atoms with Crippen molar-refractivity contribution in [2.24, 2.45) is 4.99 Å². The minimum atomic E-state index is 0.552. The summed E-state index contributed by atoms with van der Waals surface area (Å²) in [5, 5.41) is 6.63. The second-order valence-corrected chi connectivity index (χ2v) is 5.78. The first-order valence-electron chi connectivity index (χ1n) is 8.55. The number of nitrogens with zero attached hydrogens (tertiary/aromatic N) is 2. The minimum absolute atomic E-state index is 0.552. The molecule has 1 aromatic carbocycles. The fraction of sp³-hybridized carbons (Fsp3) is 0.421. The highest BCUT2D eigenvalue weighted by Crippen LogP contribution is 2.03. The van der Waals surface area contributed by atoms with E-state index in [1.165, 1.54) is 5.56 Å². The zero-order valence-electron chi connectivity index (χ0n) is 14.7. The minimum Gasteiger partial charge on any atom is -0.467 e. The number of furan rings is 1. The number of hydrogen-bond acceptors (Lipinski definition) is 3. The number of hydrogen-bond donors (Lipinski definition) is 2. The molecule has 0 atom stereocenters. The third kappa shape index (κ3) is 6.87. The van der Waals surface area contributed by atoms with E-state index < -0.39 is 0 Å². The molecule has 1 aromatic heterocycles. The SMILES string of the molecule is CCNC(=NCc1ccco1)NCCCN(C)Cc1ccccc1. The summed E-state index contributed by atoms with van der Waals surface area (Å²) < 4.78 is 5.31. The fourth-order valence-corrected chi connectivity index (χ4v) is 2.43. The quantitative estimate of drug-likeness (QED) is 0.422. The van der Waals surface area contributed by atoms with Gasteiger partial charge in [-0.05, 0) is 44.6 Å². The molecular weight excluding hydrogens is 300 g/mol. The first-order valence-corrected chi connectivity index (χ1v) is 8.55. The van der Waals surface area contributed by atoms with Crippen LogP contribution in [0, 0.1) is 0 Å². The van der Waals surface area contributed by atoms with E-state index >= 15 is 0 Å². The van der Waals surface area contributed by atoms with Crippen molar-refractivity contribution in [1.29, 1.82) is 0 Å². The first-order chi connectivity index (χ1) is 11.8. The molecule has 0 spiro atoms. The Labute approximate surface area is 144 Å². The van der Waals surface area contributed by atoms with Gasteiger partial charge in [0.2, 0.25) is 0 Å². The lowest BCUT2D eigenvalue weighted by Crippen LogP contribution is -2.38. The Kier molecular flexibility index (Phi) is 7.90. The van der Waals surface area contributed by atoms with Crippen LogP contribution in [0.1, 0.15) is 24.7 Å². The van der Waals surface area contributed by atoms with E-state index in [1.54, 1.807) is 6.26 Å². The van der Waals surface area contributed by atoms with E-state index in [4.69, 9.17) is 4.42 Å². The van der Waals surface area contributed by atoms with Crippen molar-refractivity contribution in [2.75, 3.05) is 26.7 Å². The number of aliphatic imine (C=N–C) groups is 1. The highest BCUT2D eigenvalue weighted by molar-refractivity contribution is 5.79. The van der Waals surface area contributed by atoms with E-state index in [1.807, 2.05) is 12.1 Å². The van der Waals surface area contributed by atoms with E-state index in [0.29, 0.717) is 6.54 Å². The maximum absolute atomic E-state index is 5.31. The second kappa shape index (κ2) is 10.5. The lowest BCUT2D eigenvalue weighted by Gasteiger charge is -2.17. The van der Waals surface area contributed by atoms with Gasteiger partial charge in [0.1, 0.15) is 12.3 Å². The van der Waals surface area contributed by atoms with Gasteiger partial charge in [-0.1, -0.05) is 30.3 Å². The van der Waals surface area contributed by atoms with Crippen LogP contribution in [0.15, 0.2) is 58.1 Å². The molecule has 0 amide bonds. The number of rotatable bonds is 9. The molecule has 2 rings (SSSR count). The third-order valence-corrected chi connectivity index (χ3v) is 3.62. The van der Waals surface area contributed by atoms with Gasteiger partial charge >= 0.3 is 0 Å². The number of nitrogens with one attached hydrogen (secondary N) is 2. The molecule has 0 aliphatic carbocycles. The van der Waals surface area contributed by atoms with E-state index in [0.717, 1.165) is 44.3 Å². The summed E-state index contributed by atoms with van der Waals surface area (Å²) in [5.41, 5.74) is 1.35. The molecule has 0 unspecified atom stereocenters. The zero-order valence-corrected chi connectivity index (χ0v) is 14.7. The van der Waals surface area contributed by atoms with Crippen LogP contribution >= 0.6 is 0 Å². The monoisotopic (exact) mass is 328 g/mol. The largest absolute Gasteiger partial charge is 0.467 e. The fourth-order valence-electron chi connectivity index (χ4n) is 2.43. The van der Waals surface area contributed by atoms with Gasteiger partial charge in [0.15, 0.2) is 5.96 Å². The summed E-state index contributed by atoms with van der Waals surface area (Å²) in [6.45, 7) is 6.38. The molecule has 5 nitrogen and oxygen atoms in total. The number of benzene rings is 1. The van der Waals surface area contributed by atoms with Crippen LogP contribution in [0.2, 0.25) is 0 Å². The van der Waals surface area contributed by atoms with Gasteiger partial charge in [0.05, 0.1) is 6.26 Å². The van der Waals surface area contributed by atoms with Gasteiger partial charge < -0.3 is 20.0 Å².